The van der Waals surface area contributed by atoms with E-state index in [1.165, 1.54) is 23.9 Å². The number of rotatable bonds is 7. The van der Waals surface area contributed by atoms with Crippen LogP contribution in [-0.4, -0.2) is 33.4 Å². The van der Waals surface area contributed by atoms with Crippen molar-refractivity contribution in [3.63, 3.8) is 0 Å². The molecule has 0 bridgehead atoms. The van der Waals surface area contributed by atoms with Crippen molar-refractivity contribution in [3.05, 3.63) is 70.3 Å². The first-order chi connectivity index (χ1) is 15.8. The van der Waals surface area contributed by atoms with Crippen LogP contribution in [0.4, 0.5) is 13.2 Å². The Hall–Kier alpha value is -3.18. The number of hydrogen-bond acceptors (Lipinski definition) is 7. The maximum Gasteiger partial charge on any atom is 0.416 e. The summed E-state index contributed by atoms with van der Waals surface area (Å²) >= 11 is 1.22. The summed E-state index contributed by atoms with van der Waals surface area (Å²) in [5.41, 5.74) is -0.236. The number of nitrogens with zero attached hydrogens (tertiary/aromatic N) is 4. The molecule has 7 nitrogen and oxygen atoms in total. The van der Waals surface area contributed by atoms with E-state index in [4.69, 9.17) is 9.26 Å². The molecule has 172 valence electrons. The first kappa shape index (κ1) is 23.0. The van der Waals surface area contributed by atoms with Gasteiger partial charge in [0.2, 0.25) is 11.7 Å². The SMILES string of the molecule is COC[C@H](C)n1c(SCc2nc(-c3cccc(C(F)(F)F)c3)no2)nc2ccccc2c1=O. The van der Waals surface area contributed by atoms with Crippen molar-refractivity contribution in [2.45, 2.75) is 30.1 Å². The van der Waals surface area contributed by atoms with E-state index in [-0.39, 0.29) is 34.6 Å². The summed E-state index contributed by atoms with van der Waals surface area (Å²) < 4.78 is 51.0. The van der Waals surface area contributed by atoms with Gasteiger partial charge in [0, 0.05) is 12.7 Å². The summed E-state index contributed by atoms with van der Waals surface area (Å²) in [5, 5.41) is 4.74. The van der Waals surface area contributed by atoms with Crippen LogP contribution < -0.4 is 5.56 Å². The summed E-state index contributed by atoms with van der Waals surface area (Å²) in [6.45, 7) is 2.16. The number of benzene rings is 2. The fraction of sp³-hybridized carbons (Fsp3) is 0.273. The average molecular weight is 476 g/mol. The van der Waals surface area contributed by atoms with Gasteiger partial charge in [-0.25, -0.2) is 4.98 Å². The Balaban J connectivity index is 1.61. The molecule has 2 aromatic carbocycles. The van der Waals surface area contributed by atoms with Crippen LogP contribution in [0.3, 0.4) is 0 Å². The lowest BCUT2D eigenvalue weighted by Gasteiger charge is -2.18. The molecule has 0 saturated carbocycles. The Morgan fingerprint density at radius 3 is 2.70 bits per heavy atom. The van der Waals surface area contributed by atoms with Crippen LogP contribution in [-0.2, 0) is 16.7 Å². The van der Waals surface area contributed by atoms with Crippen molar-refractivity contribution in [3.8, 4) is 11.4 Å². The van der Waals surface area contributed by atoms with Gasteiger partial charge >= 0.3 is 6.18 Å². The second-order valence-electron chi connectivity index (χ2n) is 7.27. The smallest absolute Gasteiger partial charge is 0.383 e. The van der Waals surface area contributed by atoms with Crippen LogP contribution in [0.1, 0.15) is 24.4 Å². The van der Waals surface area contributed by atoms with Gasteiger partial charge in [0.05, 0.1) is 34.9 Å². The molecule has 0 amide bonds. The summed E-state index contributed by atoms with van der Waals surface area (Å²) in [6.07, 6.45) is -4.47. The van der Waals surface area contributed by atoms with Crippen LogP contribution in [0.15, 0.2) is 63.0 Å². The highest BCUT2D eigenvalue weighted by atomic mass is 32.2. The molecular formula is C22H19F3N4O3S. The molecule has 0 spiro atoms. The molecule has 2 aromatic heterocycles. The van der Waals surface area contributed by atoms with Gasteiger partial charge in [-0.05, 0) is 31.2 Å². The largest absolute Gasteiger partial charge is 0.416 e. The number of ether oxygens (including phenoxy) is 1. The van der Waals surface area contributed by atoms with Gasteiger partial charge in [-0.3, -0.25) is 9.36 Å². The highest BCUT2D eigenvalue weighted by molar-refractivity contribution is 7.98. The van der Waals surface area contributed by atoms with Crippen LogP contribution in [0.5, 0.6) is 0 Å². The molecule has 1 atom stereocenters. The predicted octanol–water partition coefficient (Wildman–Crippen LogP) is 4.97. The summed E-state index contributed by atoms with van der Waals surface area (Å²) in [5.74, 6) is 0.422. The molecule has 0 fully saturated rings. The maximum absolute atomic E-state index is 13.1. The third-order valence-corrected chi connectivity index (χ3v) is 5.80. The van der Waals surface area contributed by atoms with Gasteiger partial charge < -0.3 is 9.26 Å². The lowest BCUT2D eigenvalue weighted by molar-refractivity contribution is -0.137. The second kappa shape index (κ2) is 9.36. The summed E-state index contributed by atoms with van der Waals surface area (Å²) in [7, 11) is 1.55. The van der Waals surface area contributed by atoms with E-state index < -0.39 is 11.7 Å². The molecule has 33 heavy (non-hydrogen) atoms. The van der Waals surface area contributed by atoms with Gasteiger partial charge in [0.25, 0.3) is 5.56 Å². The van der Waals surface area contributed by atoms with Crippen molar-refractivity contribution in [1.82, 2.24) is 19.7 Å². The number of hydrogen-bond donors (Lipinski definition) is 0. The highest BCUT2D eigenvalue weighted by Gasteiger charge is 2.30. The minimum atomic E-state index is -4.47. The molecule has 0 N–H and O–H groups in total. The zero-order valence-electron chi connectivity index (χ0n) is 17.7. The van der Waals surface area contributed by atoms with Crippen LogP contribution in [0.2, 0.25) is 0 Å². The van der Waals surface area contributed by atoms with Crippen LogP contribution >= 0.6 is 11.8 Å². The first-order valence-corrected chi connectivity index (χ1v) is 10.9. The molecule has 4 rings (SSSR count). The molecular weight excluding hydrogens is 457 g/mol. The van der Waals surface area contributed by atoms with Crippen LogP contribution in [0.25, 0.3) is 22.3 Å². The van der Waals surface area contributed by atoms with E-state index in [1.54, 1.807) is 35.9 Å². The molecule has 0 aliphatic carbocycles. The number of halogens is 3. The Morgan fingerprint density at radius 1 is 1.15 bits per heavy atom. The van der Waals surface area contributed by atoms with E-state index in [2.05, 4.69) is 15.1 Å². The third-order valence-electron chi connectivity index (χ3n) is 4.87. The molecule has 0 aliphatic heterocycles. The van der Waals surface area contributed by atoms with Gasteiger partial charge in [0.1, 0.15) is 0 Å². The monoisotopic (exact) mass is 476 g/mol. The standard InChI is InChI=1S/C22H19F3N4O3S/c1-13(11-31-2)29-20(30)16-8-3-4-9-17(16)26-21(29)33-12-18-27-19(28-32-18)14-6-5-7-15(10-14)22(23,24)25/h3-10,13H,11-12H2,1-2H3/t13-/m0/s1. The van der Waals surface area contributed by atoms with Gasteiger partial charge in [-0.1, -0.05) is 41.2 Å². The van der Waals surface area contributed by atoms with Crippen molar-refractivity contribution in [2.75, 3.05) is 13.7 Å². The summed E-state index contributed by atoms with van der Waals surface area (Å²) in [6, 6.07) is 11.5. The van der Waals surface area contributed by atoms with Crippen molar-refractivity contribution < 1.29 is 22.4 Å². The molecule has 0 unspecified atom stereocenters. The number of aromatic nitrogens is 4. The van der Waals surface area contributed by atoms with Crippen molar-refractivity contribution in [1.29, 1.82) is 0 Å². The highest BCUT2D eigenvalue weighted by Crippen LogP contribution is 2.32. The van der Waals surface area contributed by atoms with E-state index >= 15 is 0 Å². The van der Waals surface area contributed by atoms with E-state index in [1.807, 2.05) is 6.92 Å². The fourth-order valence-corrected chi connectivity index (χ4v) is 4.26. The average Bonchev–Trinajstić information content (AvgIpc) is 3.26. The number of methoxy groups -OCH3 is 1. The zero-order chi connectivity index (χ0) is 23.6. The first-order valence-electron chi connectivity index (χ1n) is 9.91. The van der Waals surface area contributed by atoms with Gasteiger partial charge in [0.15, 0.2) is 5.16 Å². The lowest BCUT2D eigenvalue weighted by atomic mass is 10.1. The van der Waals surface area contributed by atoms with Gasteiger partial charge in [-0.2, -0.15) is 18.2 Å². The second-order valence-corrected chi connectivity index (χ2v) is 8.21. The summed E-state index contributed by atoms with van der Waals surface area (Å²) in [4.78, 5) is 21.9. The third kappa shape index (κ3) is 4.93. The van der Waals surface area contributed by atoms with E-state index in [9.17, 15) is 18.0 Å². The zero-order valence-corrected chi connectivity index (χ0v) is 18.5. The van der Waals surface area contributed by atoms with Gasteiger partial charge in [-0.15, -0.1) is 0 Å². The predicted molar refractivity (Wildman–Crippen MR) is 117 cm³/mol. The Kier molecular flexibility index (Phi) is 6.52. The topological polar surface area (TPSA) is 83.0 Å². The quantitative estimate of drug-likeness (QED) is 0.275. The van der Waals surface area contributed by atoms with Crippen LogP contribution in [0, 0.1) is 0 Å². The number of alkyl halides is 3. The number of para-hydroxylation sites is 1. The lowest BCUT2D eigenvalue weighted by Crippen LogP contribution is -2.28. The van der Waals surface area contributed by atoms with E-state index in [0.717, 1.165) is 12.1 Å². The van der Waals surface area contributed by atoms with E-state index in [0.29, 0.717) is 22.7 Å². The fourth-order valence-electron chi connectivity index (χ4n) is 3.32. The Bertz CT molecular complexity index is 1340. The molecule has 0 radical (unpaired) electrons. The number of fused-ring (bicyclic) bond motifs is 1. The molecule has 2 heterocycles. The Labute approximate surface area is 190 Å². The van der Waals surface area contributed by atoms with Crippen molar-refractivity contribution >= 4 is 22.7 Å². The number of thioether (sulfide) groups is 1. The molecule has 0 saturated heterocycles. The minimum absolute atomic E-state index is 0.0494. The normalized spacial score (nSPS) is 12.9. The molecule has 0 aliphatic rings. The van der Waals surface area contributed by atoms with Crippen molar-refractivity contribution in [2.24, 2.45) is 0 Å². The molecule has 4 aromatic rings. The Morgan fingerprint density at radius 2 is 1.94 bits per heavy atom. The maximum atomic E-state index is 13.1. The minimum Gasteiger partial charge on any atom is -0.383 e. The molecule has 11 heteroatoms.